The minimum Gasteiger partial charge on any atom is -0.397 e. The molecule has 0 aliphatic heterocycles. The predicted molar refractivity (Wildman–Crippen MR) is 74.8 cm³/mol. The van der Waals surface area contributed by atoms with Crippen molar-refractivity contribution in [3.63, 3.8) is 0 Å². The summed E-state index contributed by atoms with van der Waals surface area (Å²) in [6.45, 7) is 2.02. The topological polar surface area (TPSA) is 53.0 Å². The monoisotopic (exact) mass is 237 g/mol. The fourth-order valence-electron chi connectivity index (χ4n) is 1.88. The standard InChI is InChI=1S/C15H15N3/c1-11-3-8-15(14(17)9-11)18(2)13-6-4-12(10-16)5-7-13/h3-9H,17H2,1-2H3. The first-order valence-electron chi connectivity index (χ1n) is 5.72. The molecule has 0 radical (unpaired) electrons. The Balaban J connectivity index is 2.35. The molecule has 2 aromatic rings. The lowest BCUT2D eigenvalue weighted by Gasteiger charge is -2.21. The van der Waals surface area contributed by atoms with Crippen molar-refractivity contribution < 1.29 is 0 Å². The van der Waals surface area contributed by atoms with Gasteiger partial charge in [-0.2, -0.15) is 5.26 Å². The zero-order valence-electron chi connectivity index (χ0n) is 10.5. The average molecular weight is 237 g/mol. The van der Waals surface area contributed by atoms with Gasteiger partial charge in [-0.25, -0.2) is 0 Å². The SMILES string of the molecule is Cc1ccc(N(C)c2ccc(C#N)cc2)c(N)c1. The molecule has 0 spiro atoms. The molecular formula is C15H15N3. The van der Waals surface area contributed by atoms with Crippen molar-refractivity contribution in [1.82, 2.24) is 0 Å². The minimum atomic E-state index is 0.657. The van der Waals surface area contributed by atoms with Crippen molar-refractivity contribution in [3.05, 3.63) is 53.6 Å². The van der Waals surface area contributed by atoms with Gasteiger partial charge in [-0.05, 0) is 48.9 Å². The summed E-state index contributed by atoms with van der Waals surface area (Å²) in [5.41, 5.74) is 10.5. The van der Waals surface area contributed by atoms with Crippen LogP contribution in [0.4, 0.5) is 17.1 Å². The van der Waals surface area contributed by atoms with Gasteiger partial charge in [0.25, 0.3) is 0 Å². The smallest absolute Gasteiger partial charge is 0.0991 e. The number of nitrogens with two attached hydrogens (primary N) is 1. The fraction of sp³-hybridized carbons (Fsp3) is 0.133. The van der Waals surface area contributed by atoms with E-state index in [1.807, 2.05) is 49.2 Å². The molecule has 0 atom stereocenters. The van der Waals surface area contributed by atoms with Gasteiger partial charge in [0.05, 0.1) is 23.0 Å². The maximum Gasteiger partial charge on any atom is 0.0991 e. The van der Waals surface area contributed by atoms with Gasteiger partial charge in [-0.15, -0.1) is 0 Å². The van der Waals surface area contributed by atoms with E-state index in [1.54, 1.807) is 12.1 Å². The molecule has 0 amide bonds. The van der Waals surface area contributed by atoms with Gasteiger partial charge < -0.3 is 10.6 Å². The lowest BCUT2D eigenvalue weighted by atomic mass is 10.1. The third-order valence-electron chi connectivity index (χ3n) is 2.93. The molecular weight excluding hydrogens is 222 g/mol. The fourth-order valence-corrected chi connectivity index (χ4v) is 1.88. The van der Waals surface area contributed by atoms with Gasteiger partial charge in [0, 0.05) is 12.7 Å². The van der Waals surface area contributed by atoms with E-state index in [-0.39, 0.29) is 0 Å². The summed E-state index contributed by atoms with van der Waals surface area (Å²) in [5, 5.41) is 8.78. The Morgan fingerprint density at radius 3 is 2.33 bits per heavy atom. The molecule has 0 heterocycles. The van der Waals surface area contributed by atoms with Crippen molar-refractivity contribution in [3.8, 4) is 6.07 Å². The van der Waals surface area contributed by atoms with E-state index >= 15 is 0 Å². The molecule has 90 valence electrons. The summed E-state index contributed by atoms with van der Waals surface area (Å²) in [6, 6.07) is 15.5. The van der Waals surface area contributed by atoms with Crippen LogP contribution < -0.4 is 10.6 Å². The van der Waals surface area contributed by atoms with E-state index in [4.69, 9.17) is 11.0 Å². The number of nitrogens with zero attached hydrogens (tertiary/aromatic N) is 2. The van der Waals surface area contributed by atoms with Crippen LogP contribution >= 0.6 is 0 Å². The summed E-state index contributed by atoms with van der Waals surface area (Å²) < 4.78 is 0. The van der Waals surface area contributed by atoms with E-state index < -0.39 is 0 Å². The number of hydrogen-bond acceptors (Lipinski definition) is 3. The Kier molecular flexibility index (Phi) is 3.20. The van der Waals surface area contributed by atoms with Crippen LogP contribution in [0.25, 0.3) is 0 Å². The Morgan fingerprint density at radius 1 is 1.11 bits per heavy atom. The number of rotatable bonds is 2. The summed E-state index contributed by atoms with van der Waals surface area (Å²) >= 11 is 0. The molecule has 0 saturated carbocycles. The summed E-state index contributed by atoms with van der Waals surface area (Å²) in [4.78, 5) is 2.01. The van der Waals surface area contributed by atoms with E-state index in [2.05, 4.69) is 6.07 Å². The molecule has 0 unspecified atom stereocenters. The number of aryl methyl sites for hydroxylation is 1. The lowest BCUT2D eigenvalue weighted by molar-refractivity contribution is 1.21. The Labute approximate surface area is 107 Å². The molecule has 0 fully saturated rings. The third-order valence-corrected chi connectivity index (χ3v) is 2.93. The van der Waals surface area contributed by atoms with Crippen LogP contribution in [0.15, 0.2) is 42.5 Å². The highest BCUT2D eigenvalue weighted by atomic mass is 15.1. The van der Waals surface area contributed by atoms with Gasteiger partial charge in [-0.3, -0.25) is 0 Å². The van der Waals surface area contributed by atoms with Crippen LogP contribution in [-0.4, -0.2) is 7.05 Å². The first-order valence-corrected chi connectivity index (χ1v) is 5.72. The second-order valence-electron chi connectivity index (χ2n) is 4.28. The van der Waals surface area contributed by atoms with Crippen molar-refractivity contribution >= 4 is 17.1 Å². The number of nitrogen functional groups attached to an aromatic ring is 1. The summed E-state index contributed by atoms with van der Waals surface area (Å²) in [7, 11) is 1.96. The molecule has 0 bridgehead atoms. The average Bonchev–Trinajstić information content (AvgIpc) is 2.38. The van der Waals surface area contributed by atoms with Gasteiger partial charge in [0.15, 0.2) is 0 Å². The number of benzene rings is 2. The third kappa shape index (κ3) is 2.28. The van der Waals surface area contributed by atoms with Gasteiger partial charge in [0.2, 0.25) is 0 Å². The summed E-state index contributed by atoms with van der Waals surface area (Å²) in [5.74, 6) is 0. The molecule has 2 aromatic carbocycles. The Bertz CT molecular complexity index is 594. The highest BCUT2D eigenvalue weighted by Crippen LogP contribution is 2.29. The highest BCUT2D eigenvalue weighted by molar-refractivity contribution is 5.75. The zero-order chi connectivity index (χ0) is 13.1. The number of hydrogen-bond donors (Lipinski definition) is 1. The first kappa shape index (κ1) is 12.0. The van der Waals surface area contributed by atoms with Gasteiger partial charge >= 0.3 is 0 Å². The molecule has 0 aromatic heterocycles. The molecule has 0 aliphatic rings. The van der Waals surface area contributed by atoms with E-state index in [9.17, 15) is 0 Å². The maximum atomic E-state index is 8.78. The van der Waals surface area contributed by atoms with Crippen LogP contribution in [-0.2, 0) is 0 Å². The quantitative estimate of drug-likeness (QED) is 0.816. The van der Waals surface area contributed by atoms with Crippen LogP contribution in [0.3, 0.4) is 0 Å². The maximum absolute atomic E-state index is 8.78. The second kappa shape index (κ2) is 4.80. The largest absolute Gasteiger partial charge is 0.397 e. The lowest BCUT2D eigenvalue weighted by Crippen LogP contribution is -2.11. The predicted octanol–water partition coefficient (Wildman–Crippen LogP) is 3.22. The van der Waals surface area contributed by atoms with E-state index in [0.29, 0.717) is 5.56 Å². The Hall–Kier alpha value is -2.47. The molecule has 0 aliphatic carbocycles. The van der Waals surface area contributed by atoms with Gasteiger partial charge in [-0.1, -0.05) is 6.07 Å². The molecule has 3 heteroatoms. The first-order chi connectivity index (χ1) is 8.61. The van der Waals surface area contributed by atoms with Crippen LogP contribution in [0.2, 0.25) is 0 Å². The van der Waals surface area contributed by atoms with Crippen LogP contribution in [0.5, 0.6) is 0 Å². The van der Waals surface area contributed by atoms with E-state index in [1.165, 1.54) is 0 Å². The zero-order valence-corrected chi connectivity index (χ0v) is 10.5. The van der Waals surface area contributed by atoms with Crippen molar-refractivity contribution in [1.29, 1.82) is 5.26 Å². The van der Waals surface area contributed by atoms with Crippen LogP contribution in [0.1, 0.15) is 11.1 Å². The number of nitriles is 1. The van der Waals surface area contributed by atoms with Crippen LogP contribution in [0, 0.1) is 18.3 Å². The molecule has 2 rings (SSSR count). The Morgan fingerprint density at radius 2 is 1.78 bits per heavy atom. The summed E-state index contributed by atoms with van der Waals surface area (Å²) in [6.07, 6.45) is 0. The normalized spacial score (nSPS) is 9.83. The van der Waals surface area contributed by atoms with E-state index in [0.717, 1.165) is 22.6 Å². The van der Waals surface area contributed by atoms with Crippen molar-refractivity contribution in [2.45, 2.75) is 6.92 Å². The highest BCUT2D eigenvalue weighted by Gasteiger charge is 2.07. The molecule has 2 N–H and O–H groups in total. The molecule has 3 nitrogen and oxygen atoms in total. The molecule has 18 heavy (non-hydrogen) atoms. The minimum absolute atomic E-state index is 0.657. The van der Waals surface area contributed by atoms with Crippen molar-refractivity contribution in [2.75, 3.05) is 17.7 Å². The van der Waals surface area contributed by atoms with Crippen molar-refractivity contribution in [2.24, 2.45) is 0 Å². The number of anilines is 3. The molecule has 0 saturated heterocycles. The second-order valence-corrected chi connectivity index (χ2v) is 4.28. The van der Waals surface area contributed by atoms with Gasteiger partial charge in [0.1, 0.15) is 0 Å².